The third-order valence-electron chi connectivity index (χ3n) is 3.46. The fourth-order valence-electron chi connectivity index (χ4n) is 2.50. The monoisotopic (exact) mass is 328 g/mol. The van der Waals surface area contributed by atoms with Crippen LogP contribution in [0.3, 0.4) is 0 Å². The zero-order valence-corrected chi connectivity index (χ0v) is 12.5. The van der Waals surface area contributed by atoms with Crippen molar-refractivity contribution in [3.8, 4) is 0 Å². The van der Waals surface area contributed by atoms with Gasteiger partial charge in [0, 0.05) is 4.83 Å². The highest BCUT2D eigenvalue weighted by molar-refractivity contribution is 9.09. The predicted molar refractivity (Wildman–Crippen MR) is 85.7 cm³/mol. The van der Waals surface area contributed by atoms with Crippen LogP contribution in [0, 0.1) is 5.82 Å². The van der Waals surface area contributed by atoms with Crippen molar-refractivity contribution in [1.82, 2.24) is 0 Å². The number of benzene rings is 3. The number of alkyl halides is 1. The van der Waals surface area contributed by atoms with Gasteiger partial charge in [-0.3, -0.25) is 0 Å². The zero-order chi connectivity index (χ0) is 13.9. The number of hydrogen-bond donors (Lipinski definition) is 0. The fraction of sp³-hybridized carbons (Fsp3) is 0.111. The molecule has 1 atom stereocenters. The number of rotatable bonds is 3. The standard InChI is InChI=1S/C18H14BrF/c19-18(12-13-5-3-8-15(20)11-13)17-10-4-7-14-6-1-2-9-16(14)17/h1-11,18H,12H2. The molecular formula is C18H14BrF. The third-order valence-corrected chi connectivity index (χ3v) is 4.28. The molecule has 0 aliphatic heterocycles. The first kappa shape index (κ1) is 13.3. The fourth-order valence-corrected chi connectivity index (χ4v) is 3.28. The van der Waals surface area contributed by atoms with E-state index in [4.69, 9.17) is 0 Å². The molecule has 0 aliphatic carbocycles. The maximum Gasteiger partial charge on any atom is 0.123 e. The van der Waals surface area contributed by atoms with E-state index in [1.54, 1.807) is 12.1 Å². The Morgan fingerprint density at radius 1 is 0.900 bits per heavy atom. The van der Waals surface area contributed by atoms with Crippen molar-refractivity contribution >= 4 is 26.7 Å². The second-order valence-electron chi connectivity index (χ2n) is 4.87. The van der Waals surface area contributed by atoms with E-state index in [0.717, 1.165) is 12.0 Å². The van der Waals surface area contributed by atoms with Crippen LogP contribution >= 0.6 is 15.9 Å². The summed E-state index contributed by atoms with van der Waals surface area (Å²) < 4.78 is 13.3. The maximum absolute atomic E-state index is 13.3. The lowest BCUT2D eigenvalue weighted by atomic mass is 9.98. The first-order valence-electron chi connectivity index (χ1n) is 6.60. The van der Waals surface area contributed by atoms with Crippen LogP contribution in [0.1, 0.15) is 16.0 Å². The average Bonchev–Trinajstić information content (AvgIpc) is 2.46. The molecule has 3 rings (SSSR count). The molecule has 0 radical (unpaired) electrons. The van der Waals surface area contributed by atoms with E-state index in [0.29, 0.717) is 0 Å². The first-order valence-corrected chi connectivity index (χ1v) is 7.52. The highest BCUT2D eigenvalue weighted by Gasteiger charge is 2.11. The van der Waals surface area contributed by atoms with Gasteiger partial charge in [-0.05, 0) is 40.5 Å². The number of hydrogen-bond acceptors (Lipinski definition) is 0. The minimum Gasteiger partial charge on any atom is -0.207 e. The Bertz CT molecular complexity index is 731. The molecule has 1 unspecified atom stereocenters. The molecule has 0 amide bonds. The number of halogens is 2. The van der Waals surface area contributed by atoms with Gasteiger partial charge in [-0.2, -0.15) is 0 Å². The summed E-state index contributed by atoms with van der Waals surface area (Å²) in [5, 5.41) is 2.47. The quantitative estimate of drug-likeness (QED) is 0.544. The van der Waals surface area contributed by atoms with Gasteiger partial charge in [0.05, 0.1) is 0 Å². The van der Waals surface area contributed by atoms with Crippen LogP contribution < -0.4 is 0 Å². The molecule has 0 bridgehead atoms. The van der Waals surface area contributed by atoms with Crippen molar-refractivity contribution in [2.75, 3.05) is 0 Å². The molecule has 0 aromatic heterocycles. The third kappa shape index (κ3) is 2.75. The molecule has 0 spiro atoms. The summed E-state index contributed by atoms with van der Waals surface area (Å²) in [6, 6.07) is 21.4. The molecule has 100 valence electrons. The summed E-state index contributed by atoms with van der Waals surface area (Å²) in [7, 11) is 0. The molecule has 3 aromatic rings. The summed E-state index contributed by atoms with van der Waals surface area (Å²) in [6.45, 7) is 0. The zero-order valence-electron chi connectivity index (χ0n) is 10.9. The van der Waals surface area contributed by atoms with Crippen molar-refractivity contribution in [3.05, 3.63) is 83.7 Å². The lowest BCUT2D eigenvalue weighted by Crippen LogP contribution is -1.97. The Morgan fingerprint density at radius 3 is 2.50 bits per heavy atom. The molecule has 0 nitrogen and oxygen atoms in total. The van der Waals surface area contributed by atoms with Crippen LogP contribution in [0.25, 0.3) is 10.8 Å². The lowest BCUT2D eigenvalue weighted by Gasteiger charge is -2.13. The van der Waals surface area contributed by atoms with Gasteiger partial charge in [0.2, 0.25) is 0 Å². The first-order chi connectivity index (χ1) is 9.74. The van der Waals surface area contributed by atoms with E-state index in [-0.39, 0.29) is 10.6 Å². The summed E-state index contributed by atoms with van der Waals surface area (Å²) in [5.41, 5.74) is 2.24. The minimum atomic E-state index is -0.180. The van der Waals surface area contributed by atoms with Crippen molar-refractivity contribution in [3.63, 3.8) is 0 Å². The van der Waals surface area contributed by atoms with Gasteiger partial charge in [-0.1, -0.05) is 70.5 Å². The maximum atomic E-state index is 13.3. The van der Waals surface area contributed by atoms with Gasteiger partial charge >= 0.3 is 0 Å². The minimum absolute atomic E-state index is 0.176. The molecule has 2 heteroatoms. The second-order valence-corrected chi connectivity index (χ2v) is 5.98. The normalized spacial score (nSPS) is 12.5. The summed E-state index contributed by atoms with van der Waals surface area (Å²) >= 11 is 3.75. The Kier molecular flexibility index (Phi) is 3.83. The van der Waals surface area contributed by atoms with Gasteiger partial charge < -0.3 is 0 Å². The van der Waals surface area contributed by atoms with E-state index in [9.17, 15) is 4.39 Å². The van der Waals surface area contributed by atoms with E-state index >= 15 is 0 Å². The molecule has 0 N–H and O–H groups in total. The van der Waals surface area contributed by atoms with Crippen LogP contribution in [0.4, 0.5) is 4.39 Å². The van der Waals surface area contributed by atoms with E-state index in [1.807, 2.05) is 18.2 Å². The SMILES string of the molecule is Fc1cccc(CC(Br)c2cccc3ccccc23)c1. The van der Waals surface area contributed by atoms with Crippen LogP contribution in [0.5, 0.6) is 0 Å². The number of fused-ring (bicyclic) bond motifs is 1. The molecule has 0 aliphatic rings. The van der Waals surface area contributed by atoms with E-state index < -0.39 is 0 Å². The Hall–Kier alpha value is -1.67. The van der Waals surface area contributed by atoms with Crippen LogP contribution in [0.2, 0.25) is 0 Å². The summed E-state index contributed by atoms with van der Waals surface area (Å²) in [4.78, 5) is 0.176. The van der Waals surface area contributed by atoms with Gasteiger partial charge in [0.25, 0.3) is 0 Å². The van der Waals surface area contributed by atoms with Crippen molar-refractivity contribution in [2.24, 2.45) is 0 Å². The largest absolute Gasteiger partial charge is 0.207 e. The van der Waals surface area contributed by atoms with Crippen LogP contribution in [-0.2, 0) is 6.42 Å². The van der Waals surface area contributed by atoms with E-state index in [1.165, 1.54) is 22.4 Å². The molecule has 0 heterocycles. The Morgan fingerprint density at radius 2 is 1.65 bits per heavy atom. The van der Waals surface area contributed by atoms with Crippen molar-refractivity contribution in [1.29, 1.82) is 0 Å². The smallest absolute Gasteiger partial charge is 0.123 e. The van der Waals surface area contributed by atoms with Crippen LogP contribution in [-0.4, -0.2) is 0 Å². The molecule has 0 fully saturated rings. The second kappa shape index (κ2) is 5.76. The Balaban J connectivity index is 1.94. The highest BCUT2D eigenvalue weighted by atomic mass is 79.9. The topological polar surface area (TPSA) is 0 Å². The van der Waals surface area contributed by atoms with Gasteiger partial charge in [0.15, 0.2) is 0 Å². The molecule has 20 heavy (non-hydrogen) atoms. The molecule has 0 saturated carbocycles. The average molecular weight is 329 g/mol. The lowest BCUT2D eigenvalue weighted by molar-refractivity contribution is 0.625. The summed E-state index contributed by atoms with van der Waals surface area (Å²) in [6.07, 6.45) is 0.770. The van der Waals surface area contributed by atoms with Gasteiger partial charge in [-0.25, -0.2) is 4.39 Å². The van der Waals surface area contributed by atoms with Crippen molar-refractivity contribution in [2.45, 2.75) is 11.2 Å². The molecular weight excluding hydrogens is 315 g/mol. The molecule has 0 saturated heterocycles. The van der Waals surface area contributed by atoms with Gasteiger partial charge in [0.1, 0.15) is 5.82 Å². The van der Waals surface area contributed by atoms with E-state index in [2.05, 4.69) is 46.3 Å². The van der Waals surface area contributed by atoms with Crippen molar-refractivity contribution < 1.29 is 4.39 Å². The Labute approximate surface area is 126 Å². The summed E-state index contributed by atoms with van der Waals surface area (Å²) in [5.74, 6) is -0.180. The predicted octanol–water partition coefficient (Wildman–Crippen LogP) is 5.66. The van der Waals surface area contributed by atoms with Gasteiger partial charge in [-0.15, -0.1) is 0 Å². The highest BCUT2D eigenvalue weighted by Crippen LogP contribution is 2.32. The van der Waals surface area contributed by atoms with Crippen LogP contribution in [0.15, 0.2) is 66.7 Å². The molecule has 3 aromatic carbocycles.